The first-order valence-electron chi connectivity index (χ1n) is 17.4. The summed E-state index contributed by atoms with van der Waals surface area (Å²) < 4.78 is 27.5. The van der Waals surface area contributed by atoms with Gasteiger partial charge in [0, 0.05) is 62.7 Å². The molecule has 0 radical (unpaired) electrons. The lowest BCUT2D eigenvalue weighted by molar-refractivity contribution is -0.130. The fraction of sp³-hybridized carbons (Fsp3) is 0.667. The molecule has 2 unspecified atom stereocenters. The molecule has 2 aromatic rings. The zero-order valence-corrected chi connectivity index (χ0v) is 26.9. The fourth-order valence-corrected chi connectivity index (χ4v) is 8.50. The van der Waals surface area contributed by atoms with Gasteiger partial charge in [0.2, 0.25) is 11.8 Å². The van der Waals surface area contributed by atoms with Crippen LogP contribution in [0.15, 0.2) is 48.7 Å². The Hall–Kier alpha value is -2.46. The molecule has 1 saturated carbocycles. The van der Waals surface area contributed by atoms with Crippen molar-refractivity contribution in [2.45, 2.75) is 107 Å². The van der Waals surface area contributed by atoms with E-state index in [2.05, 4.69) is 51.3 Å². The van der Waals surface area contributed by atoms with E-state index in [0.717, 1.165) is 70.4 Å². The molecule has 2 aliphatic carbocycles. The monoisotopic (exact) mass is 622 g/mol. The normalized spacial score (nSPS) is 27.5. The third-order valence-electron chi connectivity index (χ3n) is 11.1. The number of unbranched alkanes of at least 4 members (excludes halogenated alkanes) is 1. The number of carbonyl (C=O) groups is 1. The van der Waals surface area contributed by atoms with Crippen LogP contribution in [-0.4, -0.2) is 89.4 Å². The van der Waals surface area contributed by atoms with E-state index in [4.69, 9.17) is 10.7 Å². The first kappa shape index (κ1) is 32.5. The van der Waals surface area contributed by atoms with Gasteiger partial charge in [-0.3, -0.25) is 24.5 Å². The van der Waals surface area contributed by atoms with E-state index in [1.165, 1.54) is 24.1 Å². The van der Waals surface area contributed by atoms with Crippen molar-refractivity contribution in [1.29, 1.82) is 0 Å². The maximum Gasteiger partial charge on any atom is 0.248 e. The van der Waals surface area contributed by atoms with Crippen molar-refractivity contribution in [2.75, 3.05) is 39.8 Å². The topological polar surface area (TPSA) is 77.7 Å². The minimum atomic E-state index is -2.63. The quantitative estimate of drug-likeness (QED) is 0.294. The lowest BCUT2D eigenvalue weighted by atomic mass is 9.80. The van der Waals surface area contributed by atoms with Crippen molar-refractivity contribution in [3.63, 3.8) is 0 Å². The number of pyridine rings is 1. The van der Waals surface area contributed by atoms with Gasteiger partial charge >= 0.3 is 0 Å². The molecule has 9 heteroatoms. The minimum Gasteiger partial charge on any atom is -0.349 e. The van der Waals surface area contributed by atoms with Gasteiger partial charge < -0.3 is 11.1 Å². The van der Waals surface area contributed by atoms with E-state index < -0.39 is 5.92 Å². The summed E-state index contributed by atoms with van der Waals surface area (Å²) >= 11 is 0. The standard InChI is InChI=1S/C36H52F2N6O/c1-42-24-29-23-32(33(42)25-43(21-6-5-19-39)31-13-7-11-27-12-8-20-40-34(27)31)44(29)22-16-30(26-9-3-2-4-10-26)41-35(45)28-14-17-36(37,38)18-15-28/h2-4,8-10,12,20,28-33H,5-7,11,13-19,21-25,39H2,1H3,(H,41,45)/t29?,30-,31-,32?,33-/m0/s1. The Bertz CT molecular complexity index is 1250. The molecule has 1 aromatic carbocycles. The number of rotatable bonds is 13. The number of likely N-dealkylation sites (N-methyl/N-ethyl adjacent to an activating group) is 1. The van der Waals surface area contributed by atoms with Gasteiger partial charge in [-0.1, -0.05) is 36.4 Å². The second kappa shape index (κ2) is 14.5. The van der Waals surface area contributed by atoms with E-state index in [9.17, 15) is 13.6 Å². The predicted molar refractivity (Wildman–Crippen MR) is 174 cm³/mol. The Labute approximate surface area is 267 Å². The van der Waals surface area contributed by atoms with Gasteiger partial charge in [-0.2, -0.15) is 0 Å². The first-order chi connectivity index (χ1) is 21.8. The van der Waals surface area contributed by atoms with E-state index in [0.29, 0.717) is 24.2 Å². The van der Waals surface area contributed by atoms with Crippen LogP contribution in [0.3, 0.4) is 0 Å². The number of piperidine rings is 1. The molecule has 3 N–H and O–H groups in total. The highest BCUT2D eigenvalue weighted by atomic mass is 19.3. The van der Waals surface area contributed by atoms with Crippen LogP contribution in [0.1, 0.15) is 93.1 Å². The number of piperazine rings is 1. The second-order valence-corrected chi connectivity index (χ2v) is 14.0. The van der Waals surface area contributed by atoms with Crippen molar-refractivity contribution in [1.82, 2.24) is 25.0 Å². The summed E-state index contributed by atoms with van der Waals surface area (Å²) in [7, 11) is 2.28. The number of nitrogens with two attached hydrogens (primary N) is 1. The molecule has 4 fully saturated rings. The number of fused-ring (bicyclic) bond motifs is 3. The molecular formula is C36H52F2N6O. The van der Waals surface area contributed by atoms with Gasteiger partial charge in [0.05, 0.1) is 17.8 Å². The van der Waals surface area contributed by atoms with Gasteiger partial charge in [0.1, 0.15) is 0 Å². The summed E-state index contributed by atoms with van der Waals surface area (Å²) in [6.45, 7) is 4.73. The van der Waals surface area contributed by atoms with Crippen LogP contribution in [0.25, 0.3) is 0 Å². The summed E-state index contributed by atoms with van der Waals surface area (Å²) in [4.78, 5) is 26.1. The highest BCUT2D eigenvalue weighted by Crippen LogP contribution is 2.40. The van der Waals surface area contributed by atoms with E-state index in [1.54, 1.807) is 0 Å². The van der Waals surface area contributed by atoms with Crippen LogP contribution in [0.4, 0.5) is 8.78 Å². The number of hydrogen-bond donors (Lipinski definition) is 2. The molecule has 7 rings (SSSR count). The van der Waals surface area contributed by atoms with Crippen LogP contribution >= 0.6 is 0 Å². The van der Waals surface area contributed by atoms with Crippen LogP contribution in [-0.2, 0) is 11.2 Å². The molecule has 5 aliphatic rings. The smallest absolute Gasteiger partial charge is 0.248 e. The lowest BCUT2D eigenvalue weighted by Crippen LogP contribution is -2.74. The average molecular weight is 623 g/mol. The zero-order valence-electron chi connectivity index (χ0n) is 26.9. The number of aryl methyl sites for hydroxylation is 1. The van der Waals surface area contributed by atoms with E-state index >= 15 is 0 Å². The number of benzene rings is 1. The Morgan fingerprint density at radius 2 is 1.93 bits per heavy atom. The Kier molecular flexibility index (Phi) is 10.5. The number of nitrogens with zero attached hydrogens (tertiary/aromatic N) is 4. The molecule has 0 spiro atoms. The van der Waals surface area contributed by atoms with Crippen molar-refractivity contribution < 1.29 is 13.6 Å². The molecule has 7 nitrogen and oxygen atoms in total. The molecule has 45 heavy (non-hydrogen) atoms. The first-order valence-corrected chi connectivity index (χ1v) is 17.4. The number of carbonyl (C=O) groups excluding carboxylic acids is 1. The largest absolute Gasteiger partial charge is 0.349 e. The number of amides is 1. The number of aromatic nitrogens is 1. The van der Waals surface area contributed by atoms with Gasteiger partial charge in [0.25, 0.3) is 0 Å². The fourth-order valence-electron chi connectivity index (χ4n) is 8.50. The number of alkyl halides is 2. The van der Waals surface area contributed by atoms with Gasteiger partial charge in [-0.25, -0.2) is 8.78 Å². The predicted octanol–water partition coefficient (Wildman–Crippen LogP) is 5.33. The lowest BCUT2D eigenvalue weighted by Gasteiger charge is -2.61. The van der Waals surface area contributed by atoms with Crippen LogP contribution in [0.5, 0.6) is 0 Å². The van der Waals surface area contributed by atoms with Gasteiger partial charge in [-0.15, -0.1) is 0 Å². The van der Waals surface area contributed by atoms with Crippen LogP contribution < -0.4 is 11.1 Å². The number of nitrogens with one attached hydrogen (secondary N) is 1. The van der Waals surface area contributed by atoms with Gasteiger partial charge in [0.15, 0.2) is 0 Å². The van der Waals surface area contributed by atoms with Crippen molar-refractivity contribution >= 4 is 5.91 Å². The summed E-state index contributed by atoms with van der Waals surface area (Å²) in [6.07, 6.45) is 9.69. The highest BCUT2D eigenvalue weighted by Gasteiger charge is 2.50. The Morgan fingerprint density at radius 1 is 1.13 bits per heavy atom. The van der Waals surface area contributed by atoms with Crippen molar-refractivity contribution in [3.8, 4) is 0 Å². The molecule has 4 heterocycles. The number of hydrogen-bond acceptors (Lipinski definition) is 6. The molecule has 3 aliphatic heterocycles. The summed E-state index contributed by atoms with van der Waals surface area (Å²) in [5.41, 5.74) is 9.65. The molecule has 3 saturated heterocycles. The van der Waals surface area contributed by atoms with E-state index in [-0.39, 0.29) is 43.6 Å². The minimum absolute atomic E-state index is 0.0738. The Balaban J connectivity index is 1.13. The zero-order chi connectivity index (χ0) is 31.4. The third-order valence-corrected chi connectivity index (χ3v) is 11.1. The van der Waals surface area contributed by atoms with Crippen LogP contribution in [0.2, 0.25) is 0 Å². The maximum absolute atomic E-state index is 13.8. The summed E-state index contributed by atoms with van der Waals surface area (Å²) in [6, 6.07) is 16.1. The van der Waals surface area contributed by atoms with Crippen molar-refractivity contribution in [2.24, 2.45) is 11.7 Å². The number of halogens is 2. The maximum atomic E-state index is 13.8. The molecule has 1 amide bonds. The second-order valence-electron chi connectivity index (χ2n) is 14.0. The van der Waals surface area contributed by atoms with Crippen LogP contribution in [0, 0.1) is 5.92 Å². The molecule has 2 bridgehead atoms. The Morgan fingerprint density at radius 3 is 2.71 bits per heavy atom. The molecule has 1 aromatic heterocycles. The third kappa shape index (κ3) is 7.58. The van der Waals surface area contributed by atoms with E-state index in [1.807, 2.05) is 24.4 Å². The van der Waals surface area contributed by atoms with Gasteiger partial charge in [-0.05, 0) is 95.1 Å². The molecule has 5 atom stereocenters. The summed E-state index contributed by atoms with van der Waals surface area (Å²) in [5, 5.41) is 3.29. The molecular weight excluding hydrogens is 570 g/mol. The SMILES string of the molecule is CN1CC2CC([C@@H]1CN(CCCCN)[C@H]1CCCc3cccnc31)N2CC[C@H](NC(=O)C1CCC(F)(F)CC1)c1ccccc1. The highest BCUT2D eigenvalue weighted by molar-refractivity contribution is 5.79. The molecule has 246 valence electrons. The summed E-state index contributed by atoms with van der Waals surface area (Å²) in [5.74, 6) is -3.04. The van der Waals surface area contributed by atoms with Crippen molar-refractivity contribution in [3.05, 3.63) is 65.5 Å². The average Bonchev–Trinajstić information content (AvgIpc) is 3.04.